The molecule has 2 rings (SSSR count). The van der Waals surface area contributed by atoms with E-state index >= 15 is 0 Å². The van der Waals surface area contributed by atoms with Gasteiger partial charge in [0.25, 0.3) is 0 Å². The molecular formula is C5H10N2. The molecule has 0 aromatic heterocycles. The van der Waals surface area contributed by atoms with Crippen molar-refractivity contribution in [1.82, 2.24) is 5.32 Å². The maximum atomic E-state index is 5.61. The lowest BCUT2D eigenvalue weighted by molar-refractivity contribution is 0.683. The summed E-state index contributed by atoms with van der Waals surface area (Å²) in [4.78, 5) is 0. The fourth-order valence-corrected chi connectivity index (χ4v) is 1.48. The van der Waals surface area contributed by atoms with E-state index in [1.54, 1.807) is 0 Å². The van der Waals surface area contributed by atoms with Crippen LogP contribution in [0, 0.1) is 5.92 Å². The molecule has 1 aliphatic heterocycles. The van der Waals surface area contributed by atoms with Gasteiger partial charge in [-0.05, 0) is 18.9 Å². The number of fused-ring (bicyclic) bond motifs is 1. The Kier molecular flexibility index (Phi) is 0.557. The average Bonchev–Trinajstić information content (AvgIpc) is 2.26. The van der Waals surface area contributed by atoms with Gasteiger partial charge in [0.1, 0.15) is 0 Å². The van der Waals surface area contributed by atoms with Gasteiger partial charge in [0.15, 0.2) is 0 Å². The zero-order valence-electron chi connectivity index (χ0n) is 4.22. The number of rotatable bonds is 0. The van der Waals surface area contributed by atoms with Crippen LogP contribution in [0.25, 0.3) is 0 Å². The van der Waals surface area contributed by atoms with Gasteiger partial charge in [-0.25, -0.2) is 0 Å². The number of nitrogens with two attached hydrogens (primary N) is 1. The lowest BCUT2D eigenvalue weighted by Gasteiger charge is -1.93. The van der Waals surface area contributed by atoms with Gasteiger partial charge >= 0.3 is 0 Å². The molecule has 1 heterocycles. The summed E-state index contributed by atoms with van der Waals surface area (Å²) in [6.07, 6.45) is 1.31. The van der Waals surface area contributed by atoms with E-state index in [1.165, 1.54) is 13.0 Å². The lowest BCUT2D eigenvalue weighted by Crippen LogP contribution is -2.22. The Morgan fingerprint density at radius 3 is 2.71 bits per heavy atom. The third-order valence-corrected chi connectivity index (χ3v) is 2.09. The summed E-state index contributed by atoms with van der Waals surface area (Å²) in [7, 11) is 0. The van der Waals surface area contributed by atoms with Gasteiger partial charge in [-0.3, -0.25) is 0 Å². The molecule has 40 valence electrons. The quantitative estimate of drug-likeness (QED) is 0.420. The maximum Gasteiger partial charge on any atom is 0.0266 e. The van der Waals surface area contributed by atoms with E-state index < -0.39 is 0 Å². The number of hydrogen-bond acceptors (Lipinski definition) is 2. The molecule has 2 nitrogen and oxygen atoms in total. The van der Waals surface area contributed by atoms with Crippen LogP contribution < -0.4 is 11.1 Å². The van der Waals surface area contributed by atoms with Crippen molar-refractivity contribution in [2.75, 3.05) is 6.54 Å². The molecule has 1 saturated heterocycles. The number of piperidine rings is 1. The van der Waals surface area contributed by atoms with Crippen molar-refractivity contribution in [2.45, 2.75) is 18.5 Å². The molecule has 0 amide bonds. The van der Waals surface area contributed by atoms with E-state index in [2.05, 4.69) is 5.32 Å². The standard InChI is InChI=1S/C5H10N2/c6-4-3-1-2-7-5(3)4/h3-5,7H,1-2,6H2/t3?,4-,5+/m0/s1. The van der Waals surface area contributed by atoms with Gasteiger partial charge in [0, 0.05) is 12.1 Å². The van der Waals surface area contributed by atoms with Gasteiger partial charge in [0.2, 0.25) is 0 Å². The minimum atomic E-state index is 0.508. The van der Waals surface area contributed by atoms with Gasteiger partial charge in [-0.15, -0.1) is 0 Å². The highest BCUT2D eigenvalue weighted by Gasteiger charge is 2.50. The van der Waals surface area contributed by atoms with Gasteiger partial charge in [-0.2, -0.15) is 0 Å². The zero-order chi connectivity index (χ0) is 4.85. The zero-order valence-corrected chi connectivity index (χ0v) is 4.22. The Morgan fingerprint density at radius 2 is 2.43 bits per heavy atom. The fourth-order valence-electron chi connectivity index (χ4n) is 1.48. The van der Waals surface area contributed by atoms with Crippen LogP contribution in [-0.2, 0) is 0 Å². The van der Waals surface area contributed by atoms with Gasteiger partial charge in [-0.1, -0.05) is 0 Å². The summed E-state index contributed by atoms with van der Waals surface area (Å²) in [6, 6.07) is 1.22. The molecule has 0 aromatic carbocycles. The first-order valence-corrected chi connectivity index (χ1v) is 2.88. The fraction of sp³-hybridized carbons (Fsp3) is 1.00. The predicted octanol–water partition coefficient (Wildman–Crippen LogP) is -0.695. The minimum absolute atomic E-state index is 0.508. The highest BCUT2D eigenvalue weighted by Crippen LogP contribution is 2.36. The van der Waals surface area contributed by atoms with Crippen LogP contribution in [0.1, 0.15) is 6.42 Å². The van der Waals surface area contributed by atoms with Crippen molar-refractivity contribution < 1.29 is 0 Å². The number of hydrogen-bond donors (Lipinski definition) is 2. The molecule has 7 heavy (non-hydrogen) atoms. The first kappa shape index (κ1) is 3.87. The van der Waals surface area contributed by atoms with Crippen LogP contribution in [0.2, 0.25) is 0 Å². The van der Waals surface area contributed by atoms with Gasteiger partial charge in [0.05, 0.1) is 0 Å². The molecule has 2 heteroatoms. The van der Waals surface area contributed by atoms with Gasteiger partial charge < -0.3 is 11.1 Å². The van der Waals surface area contributed by atoms with Crippen LogP contribution in [0.15, 0.2) is 0 Å². The summed E-state index contributed by atoms with van der Waals surface area (Å²) < 4.78 is 0. The second kappa shape index (κ2) is 1.01. The SMILES string of the molecule is N[C@H]1C2CCN[C@H]21. The highest BCUT2D eigenvalue weighted by atomic mass is 15.1. The van der Waals surface area contributed by atoms with Crippen LogP contribution in [0.5, 0.6) is 0 Å². The Bertz CT molecular complexity index is 82.1. The van der Waals surface area contributed by atoms with E-state index in [4.69, 9.17) is 5.73 Å². The maximum absolute atomic E-state index is 5.61. The molecule has 0 bridgehead atoms. The van der Waals surface area contributed by atoms with Crippen molar-refractivity contribution in [3.8, 4) is 0 Å². The molecule has 2 fully saturated rings. The Hall–Kier alpha value is -0.0800. The lowest BCUT2D eigenvalue weighted by atomic mass is 10.3. The van der Waals surface area contributed by atoms with Crippen molar-refractivity contribution in [3.63, 3.8) is 0 Å². The summed E-state index contributed by atoms with van der Waals surface area (Å²) in [5, 5.41) is 3.32. The minimum Gasteiger partial charge on any atom is -0.326 e. The summed E-state index contributed by atoms with van der Waals surface area (Å²) >= 11 is 0. The predicted molar refractivity (Wildman–Crippen MR) is 27.9 cm³/mol. The third-order valence-electron chi connectivity index (χ3n) is 2.09. The highest BCUT2D eigenvalue weighted by molar-refractivity contribution is 5.10. The molecule has 0 spiro atoms. The van der Waals surface area contributed by atoms with E-state index in [0.29, 0.717) is 12.1 Å². The van der Waals surface area contributed by atoms with Crippen LogP contribution in [0.4, 0.5) is 0 Å². The van der Waals surface area contributed by atoms with Crippen LogP contribution in [0.3, 0.4) is 0 Å². The largest absolute Gasteiger partial charge is 0.326 e. The van der Waals surface area contributed by atoms with E-state index in [-0.39, 0.29) is 0 Å². The smallest absolute Gasteiger partial charge is 0.0266 e. The third kappa shape index (κ3) is 0.359. The molecule has 3 N–H and O–H groups in total. The van der Waals surface area contributed by atoms with Crippen LogP contribution >= 0.6 is 0 Å². The van der Waals surface area contributed by atoms with Crippen molar-refractivity contribution in [2.24, 2.45) is 11.7 Å². The summed E-state index contributed by atoms with van der Waals surface area (Å²) in [5.41, 5.74) is 5.61. The molecule has 2 aliphatic rings. The average molecular weight is 98.1 g/mol. The van der Waals surface area contributed by atoms with Crippen LogP contribution in [-0.4, -0.2) is 18.6 Å². The molecule has 0 aromatic rings. The number of nitrogens with one attached hydrogen (secondary N) is 1. The Morgan fingerprint density at radius 1 is 1.57 bits per heavy atom. The first-order chi connectivity index (χ1) is 3.39. The monoisotopic (exact) mass is 98.1 g/mol. The Balaban J connectivity index is 2.06. The van der Waals surface area contributed by atoms with E-state index in [1.807, 2.05) is 0 Å². The molecule has 1 aliphatic carbocycles. The first-order valence-electron chi connectivity index (χ1n) is 2.88. The Labute approximate surface area is 43.1 Å². The van der Waals surface area contributed by atoms with Crippen molar-refractivity contribution in [1.29, 1.82) is 0 Å². The second-order valence-electron chi connectivity index (χ2n) is 2.51. The summed E-state index contributed by atoms with van der Waals surface area (Å²) in [6.45, 7) is 1.20. The summed E-state index contributed by atoms with van der Waals surface area (Å²) in [5.74, 6) is 0.847. The molecular weight excluding hydrogens is 88.1 g/mol. The molecule has 3 atom stereocenters. The normalized spacial score (nSPS) is 57.0. The molecule has 0 radical (unpaired) electrons. The van der Waals surface area contributed by atoms with Crippen molar-refractivity contribution >= 4 is 0 Å². The topological polar surface area (TPSA) is 38.0 Å². The molecule has 1 saturated carbocycles. The van der Waals surface area contributed by atoms with Crippen molar-refractivity contribution in [3.05, 3.63) is 0 Å². The second-order valence-corrected chi connectivity index (χ2v) is 2.51. The van der Waals surface area contributed by atoms with E-state index in [0.717, 1.165) is 5.92 Å². The van der Waals surface area contributed by atoms with E-state index in [9.17, 15) is 0 Å². The molecule has 1 unspecified atom stereocenters.